The van der Waals surface area contributed by atoms with E-state index < -0.39 is 30.2 Å². The van der Waals surface area contributed by atoms with Crippen molar-refractivity contribution in [3.8, 4) is 0 Å². The van der Waals surface area contributed by atoms with Crippen LogP contribution >= 0.6 is 12.6 Å². The van der Waals surface area contributed by atoms with Gasteiger partial charge in [-0.05, 0) is 0 Å². The number of carboxylic acids is 1. The summed E-state index contributed by atoms with van der Waals surface area (Å²) >= 11 is 4.59. The van der Waals surface area contributed by atoms with Gasteiger partial charge in [-0.15, -0.1) is 0 Å². The molecule has 0 radical (unpaired) electrons. The summed E-state index contributed by atoms with van der Waals surface area (Å²) in [6.45, 7) is -1.11. The van der Waals surface area contributed by atoms with Crippen LogP contribution in [0.5, 0.6) is 0 Å². The van der Waals surface area contributed by atoms with Crippen LogP contribution in [0.15, 0.2) is 0 Å². The summed E-state index contributed by atoms with van der Waals surface area (Å²) < 4.78 is 8.22. The first-order chi connectivity index (χ1) is 8.95. The zero-order valence-corrected chi connectivity index (χ0v) is 12.4. The molecule has 0 aromatic heterocycles. The van der Waals surface area contributed by atoms with E-state index in [2.05, 4.69) is 28.6 Å². The number of thiol groups is 1. The van der Waals surface area contributed by atoms with Crippen molar-refractivity contribution < 1.29 is 46.6 Å². The molecule has 0 heterocycles. The van der Waals surface area contributed by atoms with Gasteiger partial charge in [-0.25, -0.2) is 0 Å². The van der Waals surface area contributed by atoms with Gasteiger partial charge in [-0.2, -0.15) is 12.6 Å². The number of carbonyl (C=O) groups is 4. The predicted octanol–water partition coefficient (Wildman–Crippen LogP) is -2.77. The molecule has 9 nitrogen and oxygen atoms in total. The Kier molecular flexibility index (Phi) is 13.8. The van der Waals surface area contributed by atoms with Crippen molar-refractivity contribution in [1.82, 2.24) is 16.0 Å². The van der Waals surface area contributed by atoms with Crippen LogP contribution in [0.3, 0.4) is 0 Å². The normalized spacial score (nSPS) is 8.47. The van der Waals surface area contributed by atoms with Gasteiger partial charge in [0.05, 0.1) is 18.8 Å². The standard InChI is InChI=1S/C8H13N3O5S.O.Tc/c12-5(2-10-7(14)4-17)9-1-6(13)11-3-8(15)16;;/h17H,1-4H2,(H,9,12)(H,10,14)(H,11,13)(H,15,16);;/i;;1+1. The van der Waals surface area contributed by atoms with E-state index in [-0.39, 0.29) is 18.8 Å². The molecule has 0 aromatic rings. The third kappa shape index (κ3) is 14.6. The minimum atomic E-state index is -1.18. The molecular weight excluding hydrogens is 365 g/mol. The minimum absolute atomic E-state index is 0.0353. The van der Waals surface area contributed by atoms with E-state index >= 15 is 0 Å². The molecule has 0 aliphatic rings. The molecule has 4 N–H and O–H groups in total. The van der Waals surface area contributed by atoms with Gasteiger partial charge in [-0.1, -0.05) is 0 Å². The molecule has 0 saturated carbocycles. The van der Waals surface area contributed by atoms with Gasteiger partial charge in [0.25, 0.3) is 0 Å². The van der Waals surface area contributed by atoms with Crippen molar-refractivity contribution in [2.75, 3.05) is 25.4 Å². The number of hydrogen-bond donors (Lipinski definition) is 5. The van der Waals surface area contributed by atoms with Gasteiger partial charge in [0, 0.05) is 0 Å². The number of hydrogen-bond acceptors (Lipinski definition) is 6. The Balaban J connectivity index is 0. The molecule has 0 rings (SSSR count). The van der Waals surface area contributed by atoms with E-state index in [1.165, 1.54) is 0 Å². The SMILES string of the molecule is O=C(O)CNC(=O)CNC(=O)CNC(=O)CS.[O]=[99Tc]. The molecule has 0 bridgehead atoms. The second kappa shape index (κ2) is 13.1. The molecule has 11 heteroatoms. The molecule has 19 heavy (non-hydrogen) atoms. The van der Waals surface area contributed by atoms with E-state index in [4.69, 9.17) is 8.61 Å². The Labute approximate surface area is 124 Å². The zero-order chi connectivity index (χ0) is 15.3. The van der Waals surface area contributed by atoms with Crippen molar-refractivity contribution in [2.45, 2.75) is 0 Å². The summed E-state index contributed by atoms with van der Waals surface area (Å²) in [5.74, 6) is -2.79. The fourth-order valence-corrected chi connectivity index (χ4v) is 0.825. The van der Waals surface area contributed by atoms with Crippen LogP contribution in [0.25, 0.3) is 0 Å². The fourth-order valence-electron chi connectivity index (χ4n) is 0.713. The number of amides is 3. The summed E-state index contributed by atoms with van der Waals surface area (Å²) in [6.07, 6.45) is 0. The molecule has 0 aliphatic carbocycles. The maximum atomic E-state index is 11.1. The van der Waals surface area contributed by atoms with Gasteiger partial charge >= 0.3 is 28.3 Å². The molecule has 0 fully saturated rings. The van der Waals surface area contributed by atoms with Gasteiger partial charge in [0.15, 0.2) is 0 Å². The molecule has 0 unspecified atom stereocenters. The summed E-state index contributed by atoms with van der Waals surface area (Å²) in [7, 11) is 0. The Morgan fingerprint density at radius 1 is 0.842 bits per heavy atom. The first-order valence-corrected chi connectivity index (χ1v) is 6.13. The number of nitrogens with one attached hydrogen (secondary N) is 3. The van der Waals surface area contributed by atoms with E-state index in [0.29, 0.717) is 0 Å². The Hall–Kier alpha value is -1.32. The molecule has 0 aliphatic heterocycles. The van der Waals surface area contributed by atoms with Gasteiger partial charge in [-0.3, -0.25) is 19.2 Å². The molecule has 0 saturated heterocycles. The van der Waals surface area contributed by atoms with Gasteiger partial charge in [0.2, 0.25) is 17.7 Å². The molecule has 0 aromatic carbocycles. The second-order valence-electron chi connectivity index (χ2n) is 2.88. The first kappa shape index (κ1) is 20.0. The van der Waals surface area contributed by atoms with Crippen LogP contribution in [-0.2, 0) is 41.5 Å². The van der Waals surface area contributed by atoms with Crippen molar-refractivity contribution >= 4 is 36.3 Å². The Morgan fingerprint density at radius 2 is 1.21 bits per heavy atom. The zero-order valence-electron chi connectivity index (χ0n) is 9.64. The average Bonchev–Trinajstić information content (AvgIpc) is 2.42. The average molecular weight is 378 g/mol. The first-order valence-electron chi connectivity index (χ1n) is 4.74. The van der Waals surface area contributed by atoms with Gasteiger partial charge < -0.3 is 21.1 Å². The summed E-state index contributed by atoms with van der Waals surface area (Å²) in [6, 6.07) is 0. The topological polar surface area (TPSA) is 142 Å². The van der Waals surface area contributed by atoms with Crippen molar-refractivity contribution in [3.63, 3.8) is 0 Å². The van der Waals surface area contributed by atoms with E-state index in [9.17, 15) is 19.2 Å². The van der Waals surface area contributed by atoms with Crippen LogP contribution < -0.4 is 16.0 Å². The van der Waals surface area contributed by atoms with Crippen LogP contribution in [0.2, 0.25) is 0 Å². The fraction of sp³-hybridized carbons (Fsp3) is 0.500. The number of carbonyl (C=O) groups excluding carboxylic acids is 3. The third-order valence-corrected chi connectivity index (χ3v) is 1.76. The molecule has 109 valence electrons. The molecule has 3 amide bonds. The monoisotopic (exact) mass is 378 g/mol. The number of aliphatic carboxylic acids is 1. The van der Waals surface area contributed by atoms with Crippen LogP contribution in [0.1, 0.15) is 0 Å². The summed E-state index contributed by atoms with van der Waals surface area (Å²) in [5, 5.41) is 14.8. The summed E-state index contributed by atoms with van der Waals surface area (Å²) in [4.78, 5) is 42.8. The second-order valence-corrected chi connectivity index (χ2v) is 3.20. The Bertz CT molecular complexity index is 340. The van der Waals surface area contributed by atoms with Crippen molar-refractivity contribution in [3.05, 3.63) is 0 Å². The predicted molar refractivity (Wildman–Crippen MR) is 61.2 cm³/mol. The Morgan fingerprint density at radius 3 is 1.58 bits per heavy atom. The van der Waals surface area contributed by atoms with Crippen LogP contribution in [0, 0.1) is 0 Å². The quantitative estimate of drug-likeness (QED) is 0.304. The molecule has 0 spiro atoms. The van der Waals surface area contributed by atoms with Crippen LogP contribution in [-0.4, -0.2) is 54.2 Å². The number of carboxylic acid groups (broad SMARTS) is 1. The van der Waals surface area contributed by atoms with E-state index in [1.54, 1.807) is 0 Å². The van der Waals surface area contributed by atoms with E-state index in [0.717, 1.165) is 18.9 Å². The van der Waals surface area contributed by atoms with E-state index in [1.807, 2.05) is 0 Å². The van der Waals surface area contributed by atoms with Crippen molar-refractivity contribution in [2.24, 2.45) is 0 Å². The molecular formula is C8H13N3O6STc. The van der Waals surface area contributed by atoms with Gasteiger partial charge in [0.1, 0.15) is 6.54 Å². The third-order valence-electron chi connectivity index (χ3n) is 1.47. The maximum absolute atomic E-state index is 11.1. The summed E-state index contributed by atoms with van der Waals surface area (Å²) in [5.41, 5.74) is 0. The number of rotatable bonds is 7. The molecule has 0 atom stereocenters. The van der Waals surface area contributed by atoms with Crippen LogP contribution in [0.4, 0.5) is 0 Å². The van der Waals surface area contributed by atoms with Crippen molar-refractivity contribution in [1.29, 1.82) is 0 Å².